The van der Waals surface area contributed by atoms with Gasteiger partial charge in [0.15, 0.2) is 5.82 Å². The molecule has 0 atom stereocenters. The summed E-state index contributed by atoms with van der Waals surface area (Å²) < 4.78 is 19.6. The summed E-state index contributed by atoms with van der Waals surface area (Å²) >= 11 is 0. The van der Waals surface area contributed by atoms with Crippen LogP contribution in [0.3, 0.4) is 0 Å². The Bertz CT molecular complexity index is 1640. The number of piperidine rings is 1. The molecule has 4 aromatic rings. The summed E-state index contributed by atoms with van der Waals surface area (Å²) in [5.74, 6) is -0.386. The van der Waals surface area contributed by atoms with Crippen molar-refractivity contribution >= 4 is 22.9 Å². The molecule has 9 nitrogen and oxygen atoms in total. The monoisotopic (exact) mass is 573 g/mol. The summed E-state index contributed by atoms with van der Waals surface area (Å²) in [6.07, 6.45) is 6.60. The van der Waals surface area contributed by atoms with Crippen molar-refractivity contribution in [1.82, 2.24) is 29.2 Å². The van der Waals surface area contributed by atoms with E-state index in [1.165, 1.54) is 11.6 Å². The number of pyridine rings is 1. The van der Waals surface area contributed by atoms with Crippen molar-refractivity contribution in [3.05, 3.63) is 58.8 Å². The lowest BCUT2D eigenvalue weighted by Crippen LogP contribution is -2.32. The summed E-state index contributed by atoms with van der Waals surface area (Å²) in [5, 5.41) is 17.8. The highest BCUT2D eigenvalue weighted by atomic mass is 19.1. The lowest BCUT2D eigenvalue weighted by molar-refractivity contribution is 0.0106. The molecule has 0 bridgehead atoms. The van der Waals surface area contributed by atoms with Crippen LogP contribution in [0.1, 0.15) is 84.7 Å². The lowest BCUT2D eigenvalue weighted by Gasteiger charge is -2.34. The number of fused-ring (bicyclic) bond motifs is 1. The third-order valence-corrected chi connectivity index (χ3v) is 9.35. The number of likely N-dealkylation sites (tertiary alicyclic amines) is 1. The second kappa shape index (κ2) is 10.9. The first kappa shape index (κ1) is 28.5. The molecule has 10 heteroatoms. The molecule has 1 aliphatic heterocycles. The smallest absolute Gasteiger partial charge is 0.261 e. The molecule has 6 rings (SSSR count). The number of anilines is 1. The van der Waals surface area contributed by atoms with Crippen LogP contribution in [0, 0.1) is 19.7 Å². The molecular formula is C32H40FN7O2. The SMILES string of the molecule is Cc1cc(C(=O)Nc2nc3cc(C4CCN(C)CC4)ccc3n2[C@H]2CC[C@@](C)(O)CC2)c(F)c(-c2cnn(C)c2C)n1. The molecular weight excluding hydrogens is 533 g/mol. The average Bonchev–Trinajstić information content (AvgIpc) is 3.48. The van der Waals surface area contributed by atoms with Crippen molar-refractivity contribution in [3.8, 4) is 11.3 Å². The van der Waals surface area contributed by atoms with Gasteiger partial charge in [0.1, 0.15) is 5.69 Å². The van der Waals surface area contributed by atoms with Gasteiger partial charge >= 0.3 is 0 Å². The molecule has 0 unspecified atom stereocenters. The topological polar surface area (TPSA) is 101 Å². The van der Waals surface area contributed by atoms with E-state index in [0.29, 0.717) is 36.0 Å². The van der Waals surface area contributed by atoms with Crippen molar-refractivity contribution < 1.29 is 14.3 Å². The van der Waals surface area contributed by atoms with Crippen LogP contribution < -0.4 is 5.32 Å². The zero-order valence-electron chi connectivity index (χ0n) is 25.1. The quantitative estimate of drug-likeness (QED) is 0.326. The summed E-state index contributed by atoms with van der Waals surface area (Å²) in [6.45, 7) is 7.60. The highest BCUT2D eigenvalue weighted by Gasteiger charge is 2.32. The number of aliphatic hydroxyl groups is 1. The van der Waals surface area contributed by atoms with E-state index in [1.807, 2.05) is 13.8 Å². The van der Waals surface area contributed by atoms with Gasteiger partial charge in [-0.1, -0.05) is 6.07 Å². The summed E-state index contributed by atoms with van der Waals surface area (Å²) in [5.41, 5.74) is 4.18. The summed E-state index contributed by atoms with van der Waals surface area (Å²) in [4.78, 5) is 25.4. The van der Waals surface area contributed by atoms with E-state index >= 15 is 4.39 Å². The molecule has 1 amide bonds. The van der Waals surface area contributed by atoms with Gasteiger partial charge in [-0.25, -0.2) is 14.4 Å². The summed E-state index contributed by atoms with van der Waals surface area (Å²) in [6, 6.07) is 7.98. The third kappa shape index (κ3) is 5.33. The van der Waals surface area contributed by atoms with E-state index in [1.54, 1.807) is 24.9 Å². The van der Waals surface area contributed by atoms with E-state index in [2.05, 4.69) is 50.1 Å². The molecule has 222 valence electrons. The van der Waals surface area contributed by atoms with Gasteiger partial charge in [0.25, 0.3) is 5.91 Å². The fraction of sp³-hybridized carbons (Fsp3) is 0.500. The van der Waals surface area contributed by atoms with Crippen LogP contribution >= 0.6 is 0 Å². The predicted octanol–water partition coefficient (Wildman–Crippen LogP) is 5.52. The molecule has 1 aliphatic carbocycles. The molecule has 42 heavy (non-hydrogen) atoms. The van der Waals surface area contributed by atoms with Crippen LogP contribution in [0.2, 0.25) is 0 Å². The second-order valence-electron chi connectivity index (χ2n) is 12.6. The maximum absolute atomic E-state index is 15.9. The highest BCUT2D eigenvalue weighted by molar-refractivity contribution is 6.05. The van der Waals surface area contributed by atoms with Crippen molar-refractivity contribution in [3.63, 3.8) is 0 Å². The molecule has 0 radical (unpaired) electrons. The fourth-order valence-corrected chi connectivity index (χ4v) is 6.55. The maximum Gasteiger partial charge on any atom is 0.261 e. The molecule has 4 heterocycles. The Labute approximate surface area is 245 Å². The van der Waals surface area contributed by atoms with Gasteiger partial charge in [-0.15, -0.1) is 0 Å². The molecule has 2 N–H and O–H groups in total. The Hall–Kier alpha value is -3.63. The standard InChI is InChI=1S/C32H40FN7O2/c1-19-16-24(28(33)29(35-19)25-18-34-39(5)20(25)2)30(41)37-31-36-26-17-22(21-10-14-38(4)15-11-21)6-7-27(26)40(31)23-8-12-32(3,42)13-9-23/h6-7,16-18,21,23,42H,8-15H2,1-5H3,(H,36,37,41)/t23-,32+. The number of aromatic nitrogens is 5. The Morgan fingerprint density at radius 2 is 1.79 bits per heavy atom. The Balaban J connectivity index is 1.38. The minimum Gasteiger partial charge on any atom is -0.390 e. The van der Waals surface area contributed by atoms with E-state index in [4.69, 9.17) is 4.98 Å². The van der Waals surface area contributed by atoms with Crippen molar-refractivity contribution in [2.45, 2.75) is 76.9 Å². The minimum absolute atomic E-state index is 0.0531. The van der Waals surface area contributed by atoms with Gasteiger partial charge in [0, 0.05) is 30.0 Å². The first-order chi connectivity index (χ1) is 20.0. The van der Waals surface area contributed by atoms with E-state index in [9.17, 15) is 9.90 Å². The largest absolute Gasteiger partial charge is 0.390 e. The predicted molar refractivity (Wildman–Crippen MR) is 161 cm³/mol. The number of nitrogens with one attached hydrogen (secondary N) is 1. The van der Waals surface area contributed by atoms with Crippen LogP contribution in [-0.4, -0.2) is 66.0 Å². The Kier molecular flexibility index (Phi) is 7.39. The van der Waals surface area contributed by atoms with Gasteiger partial charge in [-0.05, 0) is 109 Å². The van der Waals surface area contributed by atoms with Crippen LogP contribution in [0.25, 0.3) is 22.3 Å². The summed E-state index contributed by atoms with van der Waals surface area (Å²) in [7, 11) is 3.94. The molecule has 1 saturated carbocycles. The molecule has 2 aliphatic rings. The number of halogens is 1. The highest BCUT2D eigenvalue weighted by Crippen LogP contribution is 2.39. The van der Waals surface area contributed by atoms with Crippen molar-refractivity contribution in [1.29, 1.82) is 0 Å². The third-order valence-electron chi connectivity index (χ3n) is 9.35. The number of aryl methyl sites for hydroxylation is 2. The molecule has 0 spiro atoms. The van der Waals surface area contributed by atoms with Crippen LogP contribution in [0.15, 0.2) is 30.5 Å². The zero-order valence-corrected chi connectivity index (χ0v) is 25.1. The second-order valence-corrected chi connectivity index (χ2v) is 12.6. The van der Waals surface area contributed by atoms with Crippen LogP contribution in [-0.2, 0) is 7.05 Å². The van der Waals surface area contributed by atoms with Crippen LogP contribution in [0.4, 0.5) is 10.3 Å². The van der Waals surface area contributed by atoms with Gasteiger partial charge in [-0.2, -0.15) is 5.10 Å². The number of hydrogen-bond acceptors (Lipinski definition) is 6. The molecule has 3 aromatic heterocycles. The van der Waals surface area contributed by atoms with Crippen molar-refractivity contribution in [2.24, 2.45) is 7.05 Å². The van der Waals surface area contributed by atoms with E-state index in [-0.39, 0.29) is 17.3 Å². The van der Waals surface area contributed by atoms with Gasteiger partial charge in [0.05, 0.1) is 28.4 Å². The number of imidazole rings is 1. The normalized spacial score (nSPS) is 22.1. The average molecular weight is 574 g/mol. The number of amides is 1. The Morgan fingerprint density at radius 1 is 1.07 bits per heavy atom. The number of carbonyl (C=O) groups excluding carboxylic acids is 1. The molecule has 1 saturated heterocycles. The first-order valence-corrected chi connectivity index (χ1v) is 14.9. The fourth-order valence-electron chi connectivity index (χ4n) is 6.55. The van der Waals surface area contributed by atoms with E-state index in [0.717, 1.165) is 55.5 Å². The maximum atomic E-state index is 15.9. The van der Waals surface area contributed by atoms with Crippen LogP contribution in [0.5, 0.6) is 0 Å². The van der Waals surface area contributed by atoms with Gasteiger partial charge < -0.3 is 14.6 Å². The lowest BCUT2D eigenvalue weighted by atomic mass is 9.83. The van der Waals surface area contributed by atoms with Crippen molar-refractivity contribution in [2.75, 3.05) is 25.5 Å². The Morgan fingerprint density at radius 3 is 2.45 bits per heavy atom. The first-order valence-electron chi connectivity index (χ1n) is 14.9. The number of hydrogen-bond donors (Lipinski definition) is 2. The zero-order chi connectivity index (χ0) is 29.8. The minimum atomic E-state index is -0.698. The van der Waals surface area contributed by atoms with Gasteiger partial charge in [0.2, 0.25) is 5.95 Å². The van der Waals surface area contributed by atoms with Gasteiger partial charge in [-0.3, -0.25) is 14.8 Å². The number of benzene rings is 1. The number of rotatable bonds is 5. The number of nitrogens with zero attached hydrogens (tertiary/aromatic N) is 6. The number of carbonyl (C=O) groups is 1. The molecule has 1 aromatic carbocycles. The van der Waals surface area contributed by atoms with E-state index < -0.39 is 17.3 Å². The molecule has 2 fully saturated rings.